The highest BCUT2D eigenvalue weighted by Gasteiger charge is 2.12. The van der Waals surface area contributed by atoms with Crippen LogP contribution in [0, 0.1) is 0 Å². The minimum Gasteiger partial charge on any atom is -0.504 e. The lowest BCUT2D eigenvalue weighted by molar-refractivity contribution is -0.139. The first kappa shape index (κ1) is 18.5. The molecule has 0 saturated heterocycles. The Morgan fingerprint density at radius 2 is 2.11 bits per heavy atom. The number of phenols is 1. The molecule has 0 radical (unpaired) electrons. The summed E-state index contributed by atoms with van der Waals surface area (Å²) in [5.41, 5.74) is 1.29. The van der Waals surface area contributed by atoms with E-state index in [4.69, 9.17) is 25.6 Å². The molecule has 3 rings (SSSR count). The van der Waals surface area contributed by atoms with E-state index in [1.54, 1.807) is 36.4 Å². The summed E-state index contributed by atoms with van der Waals surface area (Å²) in [6.07, 6.45) is 2.78. The summed E-state index contributed by atoms with van der Waals surface area (Å²) in [5, 5.41) is 13.9. The first-order valence-corrected chi connectivity index (χ1v) is 8.24. The van der Waals surface area contributed by atoms with E-state index in [2.05, 4.69) is 10.1 Å². The highest BCUT2D eigenvalue weighted by atomic mass is 35.5. The Kier molecular flexibility index (Phi) is 5.73. The molecule has 0 saturated carbocycles. The Balaban J connectivity index is 1.59. The summed E-state index contributed by atoms with van der Waals surface area (Å²) in [5.74, 6) is 0.210. The molecule has 1 aromatic heterocycles. The maximum Gasteiger partial charge on any atom is 0.331 e. The van der Waals surface area contributed by atoms with Gasteiger partial charge in [-0.05, 0) is 35.9 Å². The Morgan fingerprint density at radius 1 is 1.30 bits per heavy atom. The average molecular weight is 387 g/mol. The molecule has 0 unspecified atom stereocenters. The zero-order chi connectivity index (χ0) is 19.2. The molecule has 1 N–H and O–H groups in total. The molecular weight excluding hydrogens is 372 g/mol. The molecule has 0 aliphatic rings. The van der Waals surface area contributed by atoms with E-state index in [-0.39, 0.29) is 18.2 Å². The van der Waals surface area contributed by atoms with Gasteiger partial charge in [-0.2, -0.15) is 4.98 Å². The summed E-state index contributed by atoms with van der Waals surface area (Å²) < 4.78 is 15.1. The molecule has 0 aliphatic carbocycles. The number of carbonyl (C=O) groups is 1. The van der Waals surface area contributed by atoms with Gasteiger partial charge in [0.2, 0.25) is 5.82 Å². The molecule has 3 aromatic rings. The van der Waals surface area contributed by atoms with Crippen LogP contribution in [-0.4, -0.2) is 28.3 Å². The lowest BCUT2D eigenvalue weighted by Gasteiger charge is -2.03. The van der Waals surface area contributed by atoms with Gasteiger partial charge in [-0.15, -0.1) is 0 Å². The molecule has 138 valence electrons. The van der Waals surface area contributed by atoms with Crippen LogP contribution in [0.25, 0.3) is 17.5 Å². The van der Waals surface area contributed by atoms with Crippen molar-refractivity contribution in [3.63, 3.8) is 0 Å². The van der Waals surface area contributed by atoms with Crippen LogP contribution in [0.15, 0.2) is 53.1 Å². The number of rotatable bonds is 6. The van der Waals surface area contributed by atoms with Crippen LogP contribution in [0.1, 0.15) is 11.5 Å². The van der Waals surface area contributed by atoms with Crippen LogP contribution >= 0.6 is 11.6 Å². The molecule has 2 aromatic carbocycles. The van der Waals surface area contributed by atoms with Gasteiger partial charge in [0.1, 0.15) is 0 Å². The molecule has 0 bridgehead atoms. The van der Waals surface area contributed by atoms with E-state index in [1.807, 2.05) is 0 Å². The number of carbonyl (C=O) groups excluding carboxylic acids is 1. The highest BCUT2D eigenvalue weighted by Crippen LogP contribution is 2.27. The third-order valence-electron chi connectivity index (χ3n) is 3.54. The second-order valence-electron chi connectivity index (χ2n) is 5.36. The molecule has 1 heterocycles. The molecule has 0 atom stereocenters. The fourth-order valence-electron chi connectivity index (χ4n) is 2.21. The van der Waals surface area contributed by atoms with Crippen molar-refractivity contribution in [3.8, 4) is 22.9 Å². The van der Waals surface area contributed by atoms with Gasteiger partial charge in [-0.25, -0.2) is 4.79 Å². The highest BCUT2D eigenvalue weighted by molar-refractivity contribution is 6.33. The van der Waals surface area contributed by atoms with Crippen LogP contribution < -0.4 is 4.74 Å². The number of aromatic hydroxyl groups is 1. The molecule has 0 amide bonds. The minimum absolute atomic E-state index is 0.0166. The monoisotopic (exact) mass is 386 g/mol. The third-order valence-corrected chi connectivity index (χ3v) is 3.87. The Morgan fingerprint density at radius 3 is 2.89 bits per heavy atom. The summed E-state index contributed by atoms with van der Waals surface area (Å²) in [6, 6.07) is 11.8. The molecule has 8 heteroatoms. The van der Waals surface area contributed by atoms with E-state index in [1.165, 1.54) is 25.3 Å². The molecule has 7 nitrogen and oxygen atoms in total. The van der Waals surface area contributed by atoms with Gasteiger partial charge in [-0.3, -0.25) is 0 Å². The van der Waals surface area contributed by atoms with Crippen molar-refractivity contribution in [1.82, 2.24) is 10.1 Å². The van der Waals surface area contributed by atoms with Crippen molar-refractivity contribution in [2.45, 2.75) is 6.61 Å². The summed E-state index contributed by atoms with van der Waals surface area (Å²) in [7, 11) is 1.44. The van der Waals surface area contributed by atoms with E-state index in [0.29, 0.717) is 27.7 Å². The second-order valence-corrected chi connectivity index (χ2v) is 5.77. The maximum absolute atomic E-state index is 11.8. The normalized spacial score (nSPS) is 10.9. The predicted octanol–water partition coefficient (Wildman–Crippen LogP) is 3.86. The summed E-state index contributed by atoms with van der Waals surface area (Å²) >= 11 is 6.09. The standard InChI is InChI=1S/C19H15ClN2O5/c1-25-16-10-12(6-8-15(16)23)7-9-18(24)26-11-17-21-19(22-27-17)13-4-2-3-5-14(13)20/h2-10,23H,11H2,1H3/b9-7+. The largest absolute Gasteiger partial charge is 0.504 e. The first-order valence-electron chi connectivity index (χ1n) is 7.86. The zero-order valence-corrected chi connectivity index (χ0v) is 15.0. The number of benzene rings is 2. The number of hydrogen-bond acceptors (Lipinski definition) is 7. The first-order chi connectivity index (χ1) is 13.1. The fraction of sp³-hybridized carbons (Fsp3) is 0.105. The van der Waals surface area contributed by atoms with E-state index in [0.717, 1.165) is 0 Å². The third kappa shape index (κ3) is 4.65. The fourth-order valence-corrected chi connectivity index (χ4v) is 2.43. The van der Waals surface area contributed by atoms with Gasteiger partial charge in [0, 0.05) is 11.6 Å². The predicted molar refractivity (Wildman–Crippen MR) is 98.2 cm³/mol. The van der Waals surface area contributed by atoms with Crippen LogP contribution in [0.2, 0.25) is 5.02 Å². The number of nitrogens with zero attached hydrogens (tertiary/aromatic N) is 2. The van der Waals surface area contributed by atoms with Crippen molar-refractivity contribution in [2.75, 3.05) is 7.11 Å². The Bertz CT molecular complexity index is 984. The lowest BCUT2D eigenvalue weighted by atomic mass is 10.2. The van der Waals surface area contributed by atoms with Gasteiger partial charge in [0.15, 0.2) is 18.1 Å². The lowest BCUT2D eigenvalue weighted by Crippen LogP contribution is -2.01. The number of methoxy groups -OCH3 is 1. The average Bonchev–Trinajstić information content (AvgIpc) is 3.15. The van der Waals surface area contributed by atoms with Crippen molar-refractivity contribution in [3.05, 3.63) is 65.0 Å². The topological polar surface area (TPSA) is 94.7 Å². The summed E-state index contributed by atoms with van der Waals surface area (Å²) in [6.45, 7) is -0.167. The Labute approximate surface area is 159 Å². The minimum atomic E-state index is -0.584. The number of aromatic nitrogens is 2. The van der Waals surface area contributed by atoms with Gasteiger partial charge < -0.3 is 19.1 Å². The van der Waals surface area contributed by atoms with Crippen molar-refractivity contribution in [1.29, 1.82) is 0 Å². The van der Waals surface area contributed by atoms with Crippen molar-refractivity contribution >= 4 is 23.6 Å². The van der Waals surface area contributed by atoms with E-state index >= 15 is 0 Å². The molecule has 27 heavy (non-hydrogen) atoms. The maximum atomic E-state index is 11.8. The van der Waals surface area contributed by atoms with Crippen LogP contribution in [0.3, 0.4) is 0 Å². The Hall–Kier alpha value is -3.32. The number of phenolic OH excluding ortho intramolecular Hbond substituents is 1. The van der Waals surface area contributed by atoms with E-state index < -0.39 is 5.97 Å². The number of esters is 1. The van der Waals surface area contributed by atoms with Gasteiger partial charge in [0.25, 0.3) is 5.89 Å². The quantitative estimate of drug-likeness (QED) is 0.507. The molecule has 0 fully saturated rings. The number of ether oxygens (including phenoxy) is 2. The number of hydrogen-bond donors (Lipinski definition) is 1. The van der Waals surface area contributed by atoms with E-state index in [9.17, 15) is 9.90 Å². The second kappa shape index (κ2) is 8.37. The van der Waals surface area contributed by atoms with Crippen molar-refractivity contribution < 1.29 is 23.9 Å². The summed E-state index contributed by atoms with van der Waals surface area (Å²) in [4.78, 5) is 16.0. The van der Waals surface area contributed by atoms with Gasteiger partial charge >= 0.3 is 5.97 Å². The molecule has 0 spiro atoms. The molecule has 0 aliphatic heterocycles. The smallest absolute Gasteiger partial charge is 0.331 e. The van der Waals surface area contributed by atoms with Crippen LogP contribution in [0.4, 0.5) is 0 Å². The number of halogens is 1. The van der Waals surface area contributed by atoms with Gasteiger partial charge in [0.05, 0.1) is 12.1 Å². The van der Waals surface area contributed by atoms with Crippen molar-refractivity contribution in [2.24, 2.45) is 0 Å². The molecular formula is C19H15ClN2O5. The van der Waals surface area contributed by atoms with Gasteiger partial charge in [-0.1, -0.05) is 35.0 Å². The zero-order valence-electron chi connectivity index (χ0n) is 14.3. The van der Waals surface area contributed by atoms with Crippen LogP contribution in [0.5, 0.6) is 11.5 Å². The van der Waals surface area contributed by atoms with Crippen LogP contribution in [-0.2, 0) is 16.1 Å². The SMILES string of the molecule is COc1cc(/C=C/C(=O)OCc2nc(-c3ccccc3Cl)no2)ccc1O.